The maximum atomic E-state index is 12.3. The molecule has 0 saturated carbocycles. The average molecular weight is 387 g/mol. The van der Waals surface area contributed by atoms with Gasteiger partial charge in [0.2, 0.25) is 0 Å². The van der Waals surface area contributed by atoms with Gasteiger partial charge in [0.25, 0.3) is 5.91 Å². The highest BCUT2D eigenvalue weighted by molar-refractivity contribution is 6.40. The molecule has 24 heavy (non-hydrogen) atoms. The first-order valence-electron chi connectivity index (χ1n) is 7.01. The Hall–Kier alpha value is -1.75. The number of ether oxygens (including phenoxy) is 1. The van der Waals surface area contributed by atoms with E-state index in [-0.39, 0.29) is 21.6 Å². The minimum absolute atomic E-state index is 0.0878. The van der Waals surface area contributed by atoms with Gasteiger partial charge in [-0.15, -0.1) is 0 Å². The van der Waals surface area contributed by atoms with E-state index in [2.05, 4.69) is 5.32 Å². The van der Waals surface area contributed by atoms with Crippen molar-refractivity contribution in [2.24, 2.45) is 0 Å². The molecule has 126 valence electrons. The fourth-order valence-electron chi connectivity index (χ4n) is 1.93. The molecule has 0 heterocycles. The quantitative estimate of drug-likeness (QED) is 0.714. The van der Waals surface area contributed by atoms with Crippen molar-refractivity contribution < 1.29 is 14.3 Å². The minimum atomic E-state index is -0.859. The highest BCUT2D eigenvalue weighted by Crippen LogP contribution is 2.36. The molecule has 4 nitrogen and oxygen atoms in total. The molecule has 0 fully saturated rings. The van der Waals surface area contributed by atoms with Crippen molar-refractivity contribution in [3.05, 3.63) is 57.0 Å². The first-order chi connectivity index (χ1) is 11.3. The molecule has 0 saturated heterocycles. The van der Waals surface area contributed by atoms with Gasteiger partial charge in [0.05, 0.1) is 10.0 Å². The van der Waals surface area contributed by atoms with E-state index in [0.29, 0.717) is 16.3 Å². The van der Waals surface area contributed by atoms with E-state index in [1.54, 1.807) is 31.2 Å². The van der Waals surface area contributed by atoms with Crippen LogP contribution in [0, 0.1) is 0 Å². The lowest BCUT2D eigenvalue weighted by atomic mass is 10.1. The summed E-state index contributed by atoms with van der Waals surface area (Å²) in [6, 6.07) is 9.58. The van der Waals surface area contributed by atoms with Gasteiger partial charge in [-0.1, -0.05) is 46.9 Å². The number of amides is 1. The van der Waals surface area contributed by atoms with Crippen LogP contribution in [0.5, 0.6) is 5.75 Å². The summed E-state index contributed by atoms with van der Waals surface area (Å²) in [4.78, 5) is 23.6. The van der Waals surface area contributed by atoms with Crippen LogP contribution in [0.15, 0.2) is 36.4 Å². The van der Waals surface area contributed by atoms with E-state index in [1.807, 2.05) is 0 Å². The normalized spacial score (nSPS) is 11.7. The average Bonchev–Trinajstić information content (AvgIpc) is 2.50. The van der Waals surface area contributed by atoms with Crippen LogP contribution in [0.3, 0.4) is 0 Å². The molecule has 0 aliphatic carbocycles. The molecule has 0 aliphatic heterocycles. The summed E-state index contributed by atoms with van der Waals surface area (Å²) in [5.74, 6) is -0.309. The third-order valence-corrected chi connectivity index (χ3v) is 3.94. The number of nitrogens with one attached hydrogen (secondary N) is 1. The van der Waals surface area contributed by atoms with E-state index in [9.17, 15) is 9.59 Å². The van der Waals surface area contributed by atoms with E-state index < -0.39 is 12.0 Å². The SMILES string of the molecule is CC(=O)c1cccc(NC(=O)C(C)Oc2c(Cl)cc(Cl)cc2Cl)c1. The Kier molecular flexibility index (Phi) is 6.10. The van der Waals surface area contributed by atoms with Gasteiger partial charge in [-0.3, -0.25) is 9.59 Å². The topological polar surface area (TPSA) is 55.4 Å². The van der Waals surface area contributed by atoms with E-state index >= 15 is 0 Å². The molecule has 0 aliphatic rings. The van der Waals surface area contributed by atoms with Crippen molar-refractivity contribution in [3.8, 4) is 5.75 Å². The van der Waals surface area contributed by atoms with Crippen molar-refractivity contribution in [1.29, 1.82) is 0 Å². The molecular weight excluding hydrogens is 373 g/mol. The lowest BCUT2D eigenvalue weighted by molar-refractivity contribution is -0.122. The fourth-order valence-corrected chi connectivity index (χ4v) is 2.84. The van der Waals surface area contributed by atoms with Gasteiger partial charge >= 0.3 is 0 Å². The number of ketones is 1. The molecule has 1 amide bonds. The second-order valence-electron chi connectivity index (χ2n) is 5.08. The number of rotatable bonds is 5. The van der Waals surface area contributed by atoms with Crippen LogP contribution >= 0.6 is 34.8 Å². The third kappa shape index (κ3) is 4.63. The van der Waals surface area contributed by atoms with Crippen molar-refractivity contribution in [2.45, 2.75) is 20.0 Å². The van der Waals surface area contributed by atoms with Crippen LogP contribution in [0.4, 0.5) is 5.69 Å². The Bertz CT molecular complexity index is 769. The first-order valence-corrected chi connectivity index (χ1v) is 8.14. The smallest absolute Gasteiger partial charge is 0.265 e. The molecule has 1 atom stereocenters. The largest absolute Gasteiger partial charge is 0.478 e. The second kappa shape index (κ2) is 7.88. The van der Waals surface area contributed by atoms with Crippen LogP contribution < -0.4 is 10.1 Å². The van der Waals surface area contributed by atoms with Crippen LogP contribution in [0.25, 0.3) is 0 Å². The van der Waals surface area contributed by atoms with Crippen molar-refractivity contribution in [2.75, 3.05) is 5.32 Å². The van der Waals surface area contributed by atoms with E-state index in [1.165, 1.54) is 19.1 Å². The molecule has 7 heteroatoms. The van der Waals surface area contributed by atoms with Gasteiger partial charge in [0.1, 0.15) is 0 Å². The third-order valence-electron chi connectivity index (χ3n) is 3.16. The molecule has 2 rings (SSSR count). The summed E-state index contributed by atoms with van der Waals surface area (Å²) in [5, 5.41) is 3.48. The molecule has 0 radical (unpaired) electrons. The van der Waals surface area contributed by atoms with Gasteiger partial charge in [0, 0.05) is 16.3 Å². The number of carbonyl (C=O) groups is 2. The van der Waals surface area contributed by atoms with Crippen molar-refractivity contribution in [3.63, 3.8) is 0 Å². The minimum Gasteiger partial charge on any atom is -0.478 e. The Morgan fingerprint density at radius 2 is 1.71 bits per heavy atom. The maximum Gasteiger partial charge on any atom is 0.265 e. The molecule has 0 bridgehead atoms. The molecule has 2 aromatic rings. The highest BCUT2D eigenvalue weighted by Gasteiger charge is 2.19. The number of carbonyl (C=O) groups excluding carboxylic acids is 2. The summed E-state index contributed by atoms with van der Waals surface area (Å²) < 4.78 is 5.54. The van der Waals surface area contributed by atoms with Crippen LogP contribution in [0.1, 0.15) is 24.2 Å². The van der Waals surface area contributed by atoms with Gasteiger partial charge in [-0.05, 0) is 38.1 Å². The summed E-state index contributed by atoms with van der Waals surface area (Å²) in [7, 11) is 0. The number of Topliss-reactive ketones (excluding diaryl/α,β-unsaturated/α-hetero) is 1. The Morgan fingerprint density at radius 1 is 1.08 bits per heavy atom. The van der Waals surface area contributed by atoms with E-state index in [0.717, 1.165) is 0 Å². The van der Waals surface area contributed by atoms with Gasteiger partial charge in [-0.2, -0.15) is 0 Å². The lowest BCUT2D eigenvalue weighted by Gasteiger charge is -2.17. The predicted octanol–water partition coefficient (Wildman–Crippen LogP) is 5.26. The zero-order chi connectivity index (χ0) is 17.9. The number of hydrogen-bond acceptors (Lipinski definition) is 3. The Balaban J connectivity index is 2.10. The summed E-state index contributed by atoms with van der Waals surface area (Å²) >= 11 is 17.9. The number of halogens is 3. The van der Waals surface area contributed by atoms with Gasteiger partial charge in [-0.25, -0.2) is 0 Å². The lowest BCUT2D eigenvalue weighted by Crippen LogP contribution is -2.30. The summed E-state index contributed by atoms with van der Waals surface area (Å²) in [6.45, 7) is 3.02. The molecule has 0 aromatic heterocycles. The molecular formula is C17H14Cl3NO3. The predicted molar refractivity (Wildman–Crippen MR) is 96.6 cm³/mol. The van der Waals surface area contributed by atoms with E-state index in [4.69, 9.17) is 39.5 Å². The zero-order valence-corrected chi connectivity index (χ0v) is 15.2. The maximum absolute atomic E-state index is 12.3. The number of hydrogen-bond donors (Lipinski definition) is 1. The molecule has 0 spiro atoms. The van der Waals surface area contributed by atoms with Crippen LogP contribution in [0.2, 0.25) is 15.1 Å². The zero-order valence-electron chi connectivity index (χ0n) is 12.9. The van der Waals surface area contributed by atoms with Crippen molar-refractivity contribution >= 4 is 52.2 Å². The van der Waals surface area contributed by atoms with Gasteiger partial charge in [0.15, 0.2) is 17.6 Å². The van der Waals surface area contributed by atoms with Crippen LogP contribution in [-0.2, 0) is 4.79 Å². The first kappa shape index (κ1) is 18.6. The monoisotopic (exact) mass is 385 g/mol. The summed E-state index contributed by atoms with van der Waals surface area (Å²) in [6.07, 6.45) is -0.859. The standard InChI is InChI=1S/C17H14Cl3NO3/c1-9(22)11-4-3-5-13(6-11)21-17(23)10(2)24-16-14(19)7-12(18)8-15(16)20/h3-8,10H,1-2H3,(H,21,23). The Labute approximate surface area is 154 Å². The fraction of sp³-hybridized carbons (Fsp3) is 0.176. The van der Waals surface area contributed by atoms with Crippen molar-refractivity contribution in [1.82, 2.24) is 0 Å². The molecule has 1 unspecified atom stereocenters. The Morgan fingerprint density at radius 3 is 2.29 bits per heavy atom. The van der Waals surface area contributed by atoms with Gasteiger partial charge < -0.3 is 10.1 Å². The van der Waals surface area contributed by atoms with Crippen LogP contribution in [-0.4, -0.2) is 17.8 Å². The number of anilines is 1. The second-order valence-corrected chi connectivity index (χ2v) is 6.34. The highest BCUT2D eigenvalue weighted by atomic mass is 35.5. The summed E-state index contributed by atoms with van der Waals surface area (Å²) in [5.41, 5.74) is 1.00. The molecule has 2 aromatic carbocycles. The molecule has 1 N–H and O–H groups in total. The number of benzene rings is 2.